The van der Waals surface area contributed by atoms with Crippen LogP contribution in [-0.2, 0) is 9.59 Å². The van der Waals surface area contributed by atoms with Crippen LogP contribution in [0.15, 0.2) is 0 Å². The van der Waals surface area contributed by atoms with E-state index in [0.717, 1.165) is 32.1 Å². The Balaban J connectivity index is -0.00000108. The summed E-state index contributed by atoms with van der Waals surface area (Å²) in [5, 5.41) is 19.2. The molecule has 0 heterocycles. The molecule has 108 valence electrons. The minimum Gasteiger partial charge on any atom is -1.00 e. The van der Waals surface area contributed by atoms with Crippen LogP contribution in [0, 0.1) is 17.3 Å². The maximum atomic E-state index is 11.7. The Bertz CT molecular complexity index is 302. The van der Waals surface area contributed by atoms with Crippen molar-refractivity contribution in [3.63, 3.8) is 0 Å². The number of aliphatic carboxylic acids is 2. The monoisotopic (exact) mass is 298 g/mol. The van der Waals surface area contributed by atoms with Crippen molar-refractivity contribution in [2.24, 2.45) is 17.3 Å². The van der Waals surface area contributed by atoms with Crippen LogP contribution in [0.2, 0.25) is 0 Å². The predicted octanol–water partition coefficient (Wildman–Crippen LogP) is 3.00. The Kier molecular flexibility index (Phi) is 8.57. The van der Waals surface area contributed by atoms with Gasteiger partial charge in [-0.25, -0.2) is 0 Å². The second-order valence-corrected chi connectivity index (χ2v) is 5.33. The second-order valence-electron chi connectivity index (χ2n) is 5.33. The zero-order valence-electron chi connectivity index (χ0n) is 14.0. The number of hydrogen-bond acceptors (Lipinski definition) is 2. The average molecular weight is 298 g/mol. The van der Waals surface area contributed by atoms with E-state index in [1.54, 1.807) is 0 Å². The SMILES string of the molecule is CCC(CC)C(C(=O)O)(C(=O)O)C1CCCCC1.[Ca+2].[H-].[H-]. The molecular weight excluding hydrogens is 272 g/mol. The third kappa shape index (κ3) is 3.64. The Morgan fingerprint density at radius 1 is 1.11 bits per heavy atom. The first-order valence-electron chi connectivity index (χ1n) is 6.98. The van der Waals surface area contributed by atoms with Crippen LogP contribution >= 0.6 is 0 Å². The van der Waals surface area contributed by atoms with Gasteiger partial charge in [-0.3, -0.25) is 9.59 Å². The molecule has 0 radical (unpaired) electrons. The Hall–Kier alpha value is 0.200. The molecule has 0 aliphatic heterocycles. The van der Waals surface area contributed by atoms with E-state index in [1.807, 2.05) is 13.8 Å². The molecule has 0 aromatic carbocycles. The molecule has 0 amide bonds. The van der Waals surface area contributed by atoms with Gasteiger partial charge in [-0.1, -0.05) is 46.0 Å². The van der Waals surface area contributed by atoms with E-state index in [2.05, 4.69) is 0 Å². The first-order valence-corrected chi connectivity index (χ1v) is 6.98. The second kappa shape index (κ2) is 8.48. The van der Waals surface area contributed by atoms with Crippen molar-refractivity contribution in [2.75, 3.05) is 0 Å². The Labute approximate surface area is 147 Å². The van der Waals surface area contributed by atoms with Crippen molar-refractivity contribution in [3.05, 3.63) is 0 Å². The van der Waals surface area contributed by atoms with Crippen molar-refractivity contribution in [3.8, 4) is 0 Å². The number of carboxylic acid groups (broad SMARTS) is 2. The van der Waals surface area contributed by atoms with Crippen molar-refractivity contribution in [1.29, 1.82) is 0 Å². The summed E-state index contributed by atoms with van der Waals surface area (Å²) < 4.78 is 0. The summed E-state index contributed by atoms with van der Waals surface area (Å²) in [5.41, 5.74) is -1.58. The van der Waals surface area contributed by atoms with Crippen LogP contribution in [0.3, 0.4) is 0 Å². The molecule has 4 nitrogen and oxygen atoms in total. The molecule has 0 bridgehead atoms. The molecule has 1 aliphatic carbocycles. The zero-order valence-corrected chi connectivity index (χ0v) is 14.2. The van der Waals surface area contributed by atoms with Crippen molar-refractivity contribution in [1.82, 2.24) is 0 Å². The quantitative estimate of drug-likeness (QED) is 0.584. The topological polar surface area (TPSA) is 74.6 Å². The largest absolute Gasteiger partial charge is 2.00 e. The van der Waals surface area contributed by atoms with Gasteiger partial charge in [0.25, 0.3) is 0 Å². The smallest absolute Gasteiger partial charge is 1.00 e. The van der Waals surface area contributed by atoms with Crippen molar-refractivity contribution >= 4 is 49.7 Å². The molecule has 1 saturated carbocycles. The number of rotatable bonds is 6. The van der Waals surface area contributed by atoms with Gasteiger partial charge in [0.2, 0.25) is 0 Å². The van der Waals surface area contributed by atoms with Gasteiger partial charge in [0.15, 0.2) is 5.41 Å². The molecule has 0 atom stereocenters. The maximum Gasteiger partial charge on any atom is 2.00 e. The Morgan fingerprint density at radius 3 is 1.84 bits per heavy atom. The summed E-state index contributed by atoms with van der Waals surface area (Å²) >= 11 is 0. The fourth-order valence-electron chi connectivity index (χ4n) is 3.61. The zero-order chi connectivity index (χ0) is 13.8. The fraction of sp³-hybridized carbons (Fsp3) is 0.857. The van der Waals surface area contributed by atoms with E-state index >= 15 is 0 Å². The number of carbonyl (C=O) groups is 2. The summed E-state index contributed by atoms with van der Waals surface area (Å²) in [5.74, 6) is -2.78. The van der Waals surface area contributed by atoms with Crippen molar-refractivity contribution < 1.29 is 22.7 Å². The average Bonchev–Trinajstić information content (AvgIpc) is 2.35. The van der Waals surface area contributed by atoms with Crippen LogP contribution < -0.4 is 0 Å². The normalized spacial score (nSPS) is 17.0. The van der Waals surface area contributed by atoms with Crippen LogP contribution in [0.1, 0.15) is 61.6 Å². The van der Waals surface area contributed by atoms with E-state index in [1.165, 1.54) is 0 Å². The maximum absolute atomic E-state index is 11.7. The van der Waals surface area contributed by atoms with Crippen LogP contribution in [-0.4, -0.2) is 59.9 Å². The molecule has 0 saturated heterocycles. The van der Waals surface area contributed by atoms with Gasteiger partial charge in [-0.2, -0.15) is 0 Å². The molecule has 1 fully saturated rings. The van der Waals surface area contributed by atoms with E-state index < -0.39 is 17.4 Å². The fourth-order valence-corrected chi connectivity index (χ4v) is 3.61. The van der Waals surface area contributed by atoms with Gasteiger partial charge in [0, 0.05) is 0 Å². The number of carboxylic acids is 2. The molecule has 5 heteroatoms. The third-order valence-corrected chi connectivity index (χ3v) is 4.59. The first-order chi connectivity index (χ1) is 8.51. The summed E-state index contributed by atoms with van der Waals surface area (Å²) in [6.07, 6.45) is 5.66. The van der Waals surface area contributed by atoms with Crippen LogP contribution in [0.5, 0.6) is 0 Å². The minimum absolute atomic E-state index is 0. The standard InChI is InChI=1S/C14H24O4.Ca.2H/c1-3-10(4-2)14(12(15)16,13(17)18)11-8-6-5-7-9-11;;;/h10-11H,3-9H2,1-2H3,(H,15,16)(H,17,18);;;/q;+2;2*-1. The van der Waals surface area contributed by atoms with Gasteiger partial charge in [0.1, 0.15) is 0 Å². The molecule has 0 aromatic heterocycles. The van der Waals surface area contributed by atoms with Gasteiger partial charge < -0.3 is 13.1 Å². The van der Waals surface area contributed by atoms with E-state index in [-0.39, 0.29) is 52.4 Å². The summed E-state index contributed by atoms with van der Waals surface area (Å²) in [4.78, 5) is 23.5. The summed E-state index contributed by atoms with van der Waals surface area (Å²) in [6, 6.07) is 0. The molecular formula is C14H26CaO4. The van der Waals surface area contributed by atoms with Crippen molar-refractivity contribution in [2.45, 2.75) is 58.8 Å². The molecule has 0 aromatic rings. The third-order valence-electron chi connectivity index (χ3n) is 4.59. The molecule has 1 rings (SSSR count). The molecule has 0 spiro atoms. The molecule has 1 aliphatic rings. The van der Waals surface area contributed by atoms with Crippen LogP contribution in [0.4, 0.5) is 0 Å². The van der Waals surface area contributed by atoms with Gasteiger partial charge in [-0.15, -0.1) is 0 Å². The molecule has 19 heavy (non-hydrogen) atoms. The minimum atomic E-state index is -1.58. The molecule has 0 unspecified atom stereocenters. The number of hydrogen-bond donors (Lipinski definition) is 2. The van der Waals surface area contributed by atoms with Gasteiger partial charge in [-0.05, 0) is 24.7 Å². The Morgan fingerprint density at radius 2 is 1.53 bits per heavy atom. The first kappa shape index (κ1) is 19.2. The summed E-state index contributed by atoms with van der Waals surface area (Å²) in [7, 11) is 0. The van der Waals surface area contributed by atoms with Gasteiger partial charge >= 0.3 is 49.7 Å². The molecule has 2 N–H and O–H groups in total. The summed E-state index contributed by atoms with van der Waals surface area (Å²) in [6.45, 7) is 3.77. The van der Waals surface area contributed by atoms with E-state index in [4.69, 9.17) is 0 Å². The van der Waals surface area contributed by atoms with E-state index in [0.29, 0.717) is 12.8 Å². The van der Waals surface area contributed by atoms with E-state index in [9.17, 15) is 19.8 Å². The van der Waals surface area contributed by atoms with Gasteiger partial charge in [0.05, 0.1) is 0 Å². The van der Waals surface area contributed by atoms with Crippen LogP contribution in [0.25, 0.3) is 0 Å². The predicted molar refractivity (Wildman–Crippen MR) is 76.3 cm³/mol.